The van der Waals surface area contributed by atoms with Crippen LogP contribution in [0.2, 0.25) is 0 Å². The van der Waals surface area contributed by atoms with E-state index in [9.17, 15) is 13.2 Å². The summed E-state index contributed by atoms with van der Waals surface area (Å²) in [6.07, 6.45) is 0.762. The van der Waals surface area contributed by atoms with E-state index in [2.05, 4.69) is 5.32 Å². The normalized spacial score (nSPS) is 19.4. The van der Waals surface area contributed by atoms with Crippen LogP contribution in [0.3, 0.4) is 0 Å². The molecule has 1 saturated heterocycles. The maximum Gasteiger partial charge on any atom is 0.261 e. The number of aryl methyl sites for hydroxylation is 1. The van der Waals surface area contributed by atoms with E-state index in [-0.39, 0.29) is 22.4 Å². The smallest absolute Gasteiger partial charge is 0.261 e. The lowest BCUT2D eigenvalue weighted by Gasteiger charge is -2.11. The first-order chi connectivity index (χ1) is 8.86. The van der Waals surface area contributed by atoms with Crippen LogP contribution in [-0.2, 0) is 13.8 Å². The number of hydrogen-bond donors (Lipinski definition) is 1. The van der Waals surface area contributed by atoms with E-state index in [0.29, 0.717) is 18.8 Å². The number of hydrogen-bond acceptors (Lipinski definition) is 4. The second-order valence-corrected chi connectivity index (χ2v) is 7.07. The Morgan fingerprint density at radius 1 is 1.42 bits per heavy atom. The average Bonchev–Trinajstić information content (AvgIpc) is 2.79. The minimum absolute atomic E-state index is 0.0240. The van der Waals surface area contributed by atoms with Crippen molar-refractivity contribution in [1.29, 1.82) is 0 Å². The molecular weight excluding hydrogens is 290 g/mol. The molecule has 0 saturated carbocycles. The standard InChI is InChI=1S/C12H14ClNO4S/c1-8-4-9(6-11(5-8)19(13,16)17)12(15)14-10-2-3-18-7-10/h4-6,10H,2-3,7H2,1H3,(H,14,15). The number of halogens is 1. The molecule has 1 heterocycles. The topological polar surface area (TPSA) is 72.5 Å². The van der Waals surface area contributed by atoms with E-state index >= 15 is 0 Å². The molecule has 0 radical (unpaired) electrons. The van der Waals surface area contributed by atoms with E-state index in [1.807, 2.05) is 0 Å². The van der Waals surface area contributed by atoms with E-state index < -0.39 is 9.05 Å². The van der Waals surface area contributed by atoms with Crippen LogP contribution in [0.25, 0.3) is 0 Å². The van der Waals surface area contributed by atoms with Crippen LogP contribution in [-0.4, -0.2) is 33.6 Å². The van der Waals surface area contributed by atoms with Gasteiger partial charge in [-0.3, -0.25) is 4.79 Å². The Morgan fingerprint density at radius 3 is 2.74 bits per heavy atom. The molecule has 7 heteroatoms. The zero-order valence-electron chi connectivity index (χ0n) is 10.3. The number of rotatable bonds is 3. The Kier molecular flexibility index (Phi) is 4.13. The fourth-order valence-electron chi connectivity index (χ4n) is 1.94. The molecule has 1 fully saturated rings. The van der Waals surface area contributed by atoms with Gasteiger partial charge in [0.05, 0.1) is 17.5 Å². The van der Waals surface area contributed by atoms with E-state index in [1.54, 1.807) is 13.0 Å². The van der Waals surface area contributed by atoms with E-state index in [4.69, 9.17) is 15.4 Å². The molecule has 1 aromatic rings. The molecule has 19 heavy (non-hydrogen) atoms. The molecule has 1 atom stereocenters. The molecule has 0 aromatic heterocycles. The molecule has 2 rings (SSSR count). The number of ether oxygens (including phenoxy) is 1. The van der Waals surface area contributed by atoms with Crippen molar-refractivity contribution in [2.24, 2.45) is 0 Å². The molecule has 1 amide bonds. The third kappa shape index (κ3) is 3.68. The van der Waals surface area contributed by atoms with Crippen LogP contribution in [0.15, 0.2) is 23.1 Å². The summed E-state index contributed by atoms with van der Waals surface area (Å²) in [4.78, 5) is 12.0. The minimum Gasteiger partial charge on any atom is -0.379 e. The van der Waals surface area contributed by atoms with Crippen molar-refractivity contribution in [3.8, 4) is 0 Å². The van der Waals surface area contributed by atoms with Crippen LogP contribution in [0.1, 0.15) is 22.3 Å². The van der Waals surface area contributed by atoms with Crippen molar-refractivity contribution in [2.45, 2.75) is 24.3 Å². The molecule has 1 aliphatic heterocycles. The SMILES string of the molecule is Cc1cc(C(=O)NC2CCOC2)cc(S(=O)(=O)Cl)c1. The molecule has 1 unspecified atom stereocenters. The molecule has 1 N–H and O–H groups in total. The molecule has 1 aliphatic rings. The second kappa shape index (κ2) is 5.48. The third-order valence-electron chi connectivity index (χ3n) is 2.86. The van der Waals surface area contributed by atoms with Gasteiger partial charge in [-0.1, -0.05) is 0 Å². The Morgan fingerprint density at radius 2 is 2.16 bits per heavy atom. The van der Waals surface area contributed by atoms with Gasteiger partial charge < -0.3 is 10.1 Å². The average molecular weight is 304 g/mol. The highest BCUT2D eigenvalue weighted by Gasteiger charge is 2.20. The zero-order valence-corrected chi connectivity index (χ0v) is 11.9. The molecule has 0 bridgehead atoms. The van der Waals surface area contributed by atoms with Gasteiger partial charge in [0.15, 0.2) is 0 Å². The predicted octanol–water partition coefficient (Wildman–Crippen LogP) is 1.44. The Labute approximate surface area is 116 Å². The fraction of sp³-hybridized carbons (Fsp3) is 0.417. The van der Waals surface area contributed by atoms with Gasteiger partial charge in [-0.2, -0.15) is 0 Å². The van der Waals surface area contributed by atoms with Gasteiger partial charge >= 0.3 is 0 Å². The summed E-state index contributed by atoms with van der Waals surface area (Å²) in [5, 5.41) is 2.80. The minimum atomic E-state index is -3.84. The Bertz CT molecular complexity index is 594. The predicted molar refractivity (Wildman–Crippen MR) is 70.9 cm³/mol. The maximum absolute atomic E-state index is 12.0. The first kappa shape index (κ1) is 14.3. The maximum atomic E-state index is 12.0. The lowest BCUT2D eigenvalue weighted by Crippen LogP contribution is -2.35. The Balaban J connectivity index is 2.24. The molecule has 1 aromatic carbocycles. The first-order valence-corrected chi connectivity index (χ1v) is 8.12. The second-order valence-electron chi connectivity index (χ2n) is 4.51. The summed E-state index contributed by atoms with van der Waals surface area (Å²) in [6.45, 7) is 2.82. The fourth-order valence-corrected chi connectivity index (χ4v) is 2.80. The van der Waals surface area contributed by atoms with Crippen LogP contribution < -0.4 is 5.32 Å². The molecule has 0 aliphatic carbocycles. The van der Waals surface area contributed by atoms with Gasteiger partial charge in [0.1, 0.15) is 0 Å². The molecule has 5 nitrogen and oxygen atoms in total. The highest BCUT2D eigenvalue weighted by molar-refractivity contribution is 8.13. The van der Waals surface area contributed by atoms with Gasteiger partial charge in [-0.15, -0.1) is 0 Å². The molecule has 0 spiro atoms. The van der Waals surface area contributed by atoms with E-state index in [1.165, 1.54) is 12.1 Å². The lowest BCUT2D eigenvalue weighted by atomic mass is 10.1. The highest BCUT2D eigenvalue weighted by Crippen LogP contribution is 2.19. The monoisotopic (exact) mass is 303 g/mol. The highest BCUT2D eigenvalue weighted by atomic mass is 35.7. The van der Waals surface area contributed by atoms with Crippen LogP contribution in [0.5, 0.6) is 0 Å². The van der Waals surface area contributed by atoms with Crippen LogP contribution in [0, 0.1) is 6.92 Å². The third-order valence-corrected chi connectivity index (χ3v) is 4.19. The van der Waals surface area contributed by atoms with Crippen molar-refractivity contribution < 1.29 is 17.9 Å². The number of carbonyl (C=O) groups excluding carboxylic acids is 1. The number of amides is 1. The lowest BCUT2D eigenvalue weighted by molar-refractivity contribution is 0.0929. The summed E-state index contributed by atoms with van der Waals surface area (Å²) in [7, 11) is 1.46. The van der Waals surface area contributed by atoms with Crippen molar-refractivity contribution in [2.75, 3.05) is 13.2 Å². The van der Waals surface area contributed by atoms with Gasteiger partial charge in [0.2, 0.25) is 0 Å². The quantitative estimate of drug-likeness (QED) is 0.858. The number of nitrogens with one attached hydrogen (secondary N) is 1. The van der Waals surface area contributed by atoms with Crippen molar-refractivity contribution in [1.82, 2.24) is 5.32 Å². The zero-order chi connectivity index (χ0) is 14.0. The van der Waals surface area contributed by atoms with Crippen molar-refractivity contribution >= 4 is 25.6 Å². The van der Waals surface area contributed by atoms with Crippen LogP contribution >= 0.6 is 10.7 Å². The van der Waals surface area contributed by atoms with Gasteiger partial charge in [0.25, 0.3) is 15.0 Å². The van der Waals surface area contributed by atoms with Gasteiger partial charge in [0, 0.05) is 22.9 Å². The molecular formula is C12H14ClNO4S. The van der Waals surface area contributed by atoms with Crippen LogP contribution in [0.4, 0.5) is 0 Å². The summed E-state index contributed by atoms with van der Waals surface area (Å²) < 4.78 is 27.8. The largest absolute Gasteiger partial charge is 0.379 e. The summed E-state index contributed by atoms with van der Waals surface area (Å²) >= 11 is 0. The van der Waals surface area contributed by atoms with Crippen molar-refractivity contribution in [3.63, 3.8) is 0 Å². The Hall–Kier alpha value is -1.11. The van der Waals surface area contributed by atoms with Crippen molar-refractivity contribution in [3.05, 3.63) is 29.3 Å². The number of benzene rings is 1. The van der Waals surface area contributed by atoms with Gasteiger partial charge in [-0.25, -0.2) is 8.42 Å². The first-order valence-electron chi connectivity index (χ1n) is 5.81. The summed E-state index contributed by atoms with van der Waals surface area (Å²) in [5.41, 5.74) is 0.945. The number of carbonyl (C=O) groups is 1. The van der Waals surface area contributed by atoms with E-state index in [0.717, 1.165) is 6.42 Å². The summed E-state index contributed by atoms with van der Waals surface area (Å²) in [6, 6.07) is 4.30. The molecule has 104 valence electrons. The van der Waals surface area contributed by atoms with Gasteiger partial charge in [-0.05, 0) is 37.1 Å². The summed E-state index contributed by atoms with van der Waals surface area (Å²) in [5.74, 6) is -0.319.